The van der Waals surface area contributed by atoms with E-state index >= 15 is 0 Å². The number of hydrogen-bond donors (Lipinski definition) is 0. The highest BCUT2D eigenvalue weighted by Crippen LogP contribution is 2.13. The van der Waals surface area contributed by atoms with Gasteiger partial charge in [-0.3, -0.25) is 9.69 Å². The van der Waals surface area contributed by atoms with Crippen LogP contribution in [-0.2, 0) is 11.3 Å². The molecule has 1 aliphatic heterocycles. The summed E-state index contributed by atoms with van der Waals surface area (Å²) in [6.07, 6.45) is 1.97. The second-order valence-electron chi connectivity index (χ2n) is 6.29. The number of carbonyl (C=O) groups excluding carboxylic acids is 1. The SMILES string of the molecule is C/C(=C/c1ccccc1)C(=O)N1CCN(Cc2ccccc2)CC1. The Hall–Kier alpha value is -2.39. The molecule has 1 amide bonds. The number of benzene rings is 2. The molecule has 0 aromatic heterocycles. The van der Waals surface area contributed by atoms with E-state index in [0.717, 1.165) is 43.9 Å². The molecule has 3 heteroatoms. The summed E-state index contributed by atoms with van der Waals surface area (Å²) >= 11 is 0. The molecule has 0 N–H and O–H groups in total. The second-order valence-corrected chi connectivity index (χ2v) is 6.29. The van der Waals surface area contributed by atoms with Crippen molar-refractivity contribution < 1.29 is 4.79 Å². The molecule has 2 aromatic rings. The molecule has 1 saturated heterocycles. The van der Waals surface area contributed by atoms with Crippen LogP contribution in [0.4, 0.5) is 0 Å². The quantitative estimate of drug-likeness (QED) is 0.806. The van der Waals surface area contributed by atoms with Gasteiger partial charge < -0.3 is 4.90 Å². The van der Waals surface area contributed by atoms with Gasteiger partial charge in [0.1, 0.15) is 0 Å². The summed E-state index contributed by atoms with van der Waals surface area (Å²) in [6, 6.07) is 20.5. The first-order valence-corrected chi connectivity index (χ1v) is 8.51. The van der Waals surface area contributed by atoms with E-state index in [-0.39, 0.29) is 5.91 Å². The summed E-state index contributed by atoms with van der Waals surface area (Å²) in [5, 5.41) is 0. The van der Waals surface area contributed by atoms with E-state index in [2.05, 4.69) is 29.2 Å². The lowest BCUT2D eigenvalue weighted by atomic mass is 10.1. The van der Waals surface area contributed by atoms with Crippen LogP contribution in [0.2, 0.25) is 0 Å². The lowest BCUT2D eigenvalue weighted by Crippen LogP contribution is -2.48. The molecule has 1 fully saturated rings. The van der Waals surface area contributed by atoms with E-state index in [1.807, 2.05) is 54.3 Å². The van der Waals surface area contributed by atoms with E-state index in [1.54, 1.807) is 0 Å². The molecule has 0 radical (unpaired) electrons. The van der Waals surface area contributed by atoms with Crippen LogP contribution in [0.1, 0.15) is 18.1 Å². The highest BCUT2D eigenvalue weighted by Gasteiger charge is 2.21. The van der Waals surface area contributed by atoms with Crippen LogP contribution in [0.3, 0.4) is 0 Å². The summed E-state index contributed by atoms with van der Waals surface area (Å²) in [5.74, 6) is 0.151. The van der Waals surface area contributed by atoms with E-state index in [1.165, 1.54) is 5.56 Å². The van der Waals surface area contributed by atoms with Crippen molar-refractivity contribution in [3.05, 3.63) is 77.4 Å². The van der Waals surface area contributed by atoms with Gasteiger partial charge in [-0.25, -0.2) is 0 Å². The number of nitrogens with zero attached hydrogens (tertiary/aromatic N) is 2. The predicted octanol–water partition coefficient (Wildman–Crippen LogP) is 3.43. The molecule has 0 unspecified atom stereocenters. The van der Waals surface area contributed by atoms with Crippen molar-refractivity contribution in [2.45, 2.75) is 13.5 Å². The summed E-state index contributed by atoms with van der Waals surface area (Å²) in [7, 11) is 0. The van der Waals surface area contributed by atoms with Gasteiger partial charge >= 0.3 is 0 Å². The minimum atomic E-state index is 0.151. The fourth-order valence-electron chi connectivity index (χ4n) is 3.06. The van der Waals surface area contributed by atoms with Gasteiger partial charge in [0.2, 0.25) is 5.91 Å². The zero-order chi connectivity index (χ0) is 16.8. The molecule has 0 bridgehead atoms. The Morgan fingerprint density at radius 1 is 0.917 bits per heavy atom. The average Bonchev–Trinajstić information content (AvgIpc) is 2.63. The summed E-state index contributed by atoms with van der Waals surface area (Å²) in [6.45, 7) is 6.32. The number of amides is 1. The van der Waals surface area contributed by atoms with Crippen LogP contribution in [0.25, 0.3) is 6.08 Å². The maximum absolute atomic E-state index is 12.6. The van der Waals surface area contributed by atoms with Gasteiger partial charge in [0.05, 0.1) is 0 Å². The third-order valence-electron chi connectivity index (χ3n) is 4.43. The van der Waals surface area contributed by atoms with Gasteiger partial charge in [-0.1, -0.05) is 60.7 Å². The lowest BCUT2D eigenvalue weighted by Gasteiger charge is -2.35. The summed E-state index contributed by atoms with van der Waals surface area (Å²) < 4.78 is 0. The Bertz CT molecular complexity index is 686. The van der Waals surface area contributed by atoms with Crippen molar-refractivity contribution in [2.75, 3.05) is 26.2 Å². The molecule has 0 atom stereocenters. The van der Waals surface area contributed by atoms with Crippen molar-refractivity contribution >= 4 is 12.0 Å². The predicted molar refractivity (Wildman–Crippen MR) is 98.4 cm³/mol. The van der Waals surface area contributed by atoms with Gasteiger partial charge in [-0.2, -0.15) is 0 Å². The van der Waals surface area contributed by atoms with Crippen LogP contribution in [-0.4, -0.2) is 41.9 Å². The van der Waals surface area contributed by atoms with Crippen LogP contribution < -0.4 is 0 Å². The van der Waals surface area contributed by atoms with Crippen LogP contribution in [0, 0.1) is 0 Å². The van der Waals surface area contributed by atoms with Crippen molar-refractivity contribution in [3.8, 4) is 0 Å². The number of rotatable bonds is 4. The summed E-state index contributed by atoms with van der Waals surface area (Å²) in [5.41, 5.74) is 3.21. The van der Waals surface area contributed by atoms with E-state index in [0.29, 0.717) is 0 Å². The Kier molecular flexibility index (Phi) is 5.44. The molecule has 1 heterocycles. The molecule has 1 aliphatic rings. The third-order valence-corrected chi connectivity index (χ3v) is 4.43. The van der Waals surface area contributed by atoms with E-state index in [9.17, 15) is 4.79 Å². The largest absolute Gasteiger partial charge is 0.336 e. The van der Waals surface area contributed by atoms with Gasteiger partial charge in [-0.05, 0) is 24.1 Å². The van der Waals surface area contributed by atoms with E-state index in [4.69, 9.17) is 0 Å². The molecular weight excluding hydrogens is 296 g/mol. The fourth-order valence-corrected chi connectivity index (χ4v) is 3.06. The smallest absolute Gasteiger partial charge is 0.249 e. The minimum absolute atomic E-state index is 0.151. The number of carbonyl (C=O) groups is 1. The molecule has 0 saturated carbocycles. The Balaban J connectivity index is 1.54. The standard InChI is InChI=1S/C21H24N2O/c1-18(16-19-8-4-2-5-9-19)21(24)23-14-12-22(13-15-23)17-20-10-6-3-7-11-20/h2-11,16H,12-15,17H2,1H3/b18-16-. The van der Waals surface area contributed by atoms with Gasteiger partial charge in [0.15, 0.2) is 0 Å². The van der Waals surface area contributed by atoms with E-state index < -0.39 is 0 Å². The minimum Gasteiger partial charge on any atom is -0.336 e. The van der Waals surface area contributed by atoms with Gasteiger partial charge in [0.25, 0.3) is 0 Å². The molecule has 2 aromatic carbocycles. The Labute approximate surface area is 144 Å². The highest BCUT2D eigenvalue weighted by atomic mass is 16.2. The zero-order valence-electron chi connectivity index (χ0n) is 14.2. The Morgan fingerprint density at radius 3 is 2.12 bits per heavy atom. The maximum atomic E-state index is 12.6. The second kappa shape index (κ2) is 7.93. The molecule has 0 spiro atoms. The van der Waals surface area contributed by atoms with Crippen molar-refractivity contribution in [1.82, 2.24) is 9.80 Å². The molecule has 3 rings (SSSR count). The Morgan fingerprint density at radius 2 is 1.50 bits per heavy atom. The third kappa shape index (κ3) is 4.33. The van der Waals surface area contributed by atoms with Crippen LogP contribution >= 0.6 is 0 Å². The summed E-state index contributed by atoms with van der Waals surface area (Å²) in [4.78, 5) is 17.0. The fraction of sp³-hybridized carbons (Fsp3) is 0.286. The normalized spacial score (nSPS) is 16.2. The first-order valence-electron chi connectivity index (χ1n) is 8.51. The number of piperazine rings is 1. The molecular formula is C21H24N2O. The van der Waals surface area contributed by atoms with Crippen LogP contribution in [0.15, 0.2) is 66.2 Å². The topological polar surface area (TPSA) is 23.6 Å². The zero-order valence-corrected chi connectivity index (χ0v) is 14.2. The molecule has 3 nitrogen and oxygen atoms in total. The van der Waals surface area contributed by atoms with Crippen molar-refractivity contribution in [1.29, 1.82) is 0 Å². The van der Waals surface area contributed by atoms with Crippen LogP contribution in [0.5, 0.6) is 0 Å². The van der Waals surface area contributed by atoms with Gasteiger partial charge in [-0.15, -0.1) is 0 Å². The lowest BCUT2D eigenvalue weighted by molar-refractivity contribution is -0.128. The van der Waals surface area contributed by atoms with Crippen molar-refractivity contribution in [3.63, 3.8) is 0 Å². The molecule has 0 aliphatic carbocycles. The maximum Gasteiger partial charge on any atom is 0.249 e. The van der Waals surface area contributed by atoms with Gasteiger partial charge in [0, 0.05) is 38.3 Å². The first kappa shape index (κ1) is 16.5. The highest BCUT2D eigenvalue weighted by molar-refractivity contribution is 5.97. The number of hydrogen-bond acceptors (Lipinski definition) is 2. The first-order chi connectivity index (χ1) is 11.7. The van der Waals surface area contributed by atoms with Crippen molar-refractivity contribution in [2.24, 2.45) is 0 Å². The monoisotopic (exact) mass is 320 g/mol. The molecule has 124 valence electrons. The average molecular weight is 320 g/mol. The molecule has 24 heavy (non-hydrogen) atoms.